The lowest BCUT2D eigenvalue weighted by Gasteiger charge is -2.24. The van der Waals surface area contributed by atoms with Crippen LogP contribution in [0.1, 0.15) is 17.5 Å². The van der Waals surface area contributed by atoms with Gasteiger partial charge in [0.25, 0.3) is 10.0 Å². The van der Waals surface area contributed by atoms with Crippen LogP contribution in [0.2, 0.25) is 0 Å². The Hall–Kier alpha value is -1.11. The van der Waals surface area contributed by atoms with E-state index in [-0.39, 0.29) is 4.58 Å². The molecule has 0 radical (unpaired) electrons. The zero-order chi connectivity index (χ0) is 17.0. The predicted octanol–water partition coefficient (Wildman–Crippen LogP) is 4.19. The Balaban J connectivity index is 1.86. The summed E-state index contributed by atoms with van der Waals surface area (Å²) in [5.74, 6) is 1.96. The smallest absolute Gasteiger partial charge is 0.199 e. The van der Waals surface area contributed by atoms with Gasteiger partial charge in [0.2, 0.25) is 0 Å². The summed E-state index contributed by atoms with van der Waals surface area (Å²) in [5.41, 5.74) is 2.30. The fourth-order valence-corrected chi connectivity index (χ4v) is 8.75. The SMILES string of the molecule is Cc1ccc(S(=O)(=O)/N=[S@]2/CCCS[C@H]2Cc2ccccc2)cc1. The first-order chi connectivity index (χ1) is 11.5. The van der Waals surface area contributed by atoms with Crippen molar-refractivity contribution in [1.82, 2.24) is 0 Å². The number of rotatable bonds is 4. The average Bonchev–Trinajstić information content (AvgIpc) is 2.58. The molecule has 1 aliphatic rings. The molecule has 0 saturated carbocycles. The van der Waals surface area contributed by atoms with Gasteiger partial charge in [-0.25, -0.2) is 0 Å². The van der Waals surface area contributed by atoms with Crippen LogP contribution < -0.4 is 0 Å². The minimum atomic E-state index is -3.58. The van der Waals surface area contributed by atoms with Gasteiger partial charge in [-0.1, -0.05) is 58.7 Å². The highest BCUT2D eigenvalue weighted by atomic mass is 32.3. The van der Waals surface area contributed by atoms with Crippen molar-refractivity contribution in [3.63, 3.8) is 0 Å². The number of hydrogen-bond donors (Lipinski definition) is 0. The van der Waals surface area contributed by atoms with Crippen LogP contribution in [0.3, 0.4) is 0 Å². The maximum Gasteiger partial charge on any atom is 0.287 e. The molecular formula is C18H21NO2S3. The molecular weight excluding hydrogens is 358 g/mol. The Labute approximate surface area is 151 Å². The third-order valence-electron chi connectivity index (χ3n) is 3.86. The number of sulfonamides is 1. The quantitative estimate of drug-likeness (QED) is 0.800. The molecule has 0 unspecified atom stereocenters. The van der Waals surface area contributed by atoms with Crippen LogP contribution in [-0.4, -0.2) is 24.5 Å². The van der Waals surface area contributed by atoms with E-state index in [1.165, 1.54) is 5.56 Å². The van der Waals surface area contributed by atoms with Crippen molar-refractivity contribution >= 4 is 32.5 Å². The highest BCUT2D eigenvalue weighted by Crippen LogP contribution is 2.29. The van der Waals surface area contributed by atoms with E-state index in [0.29, 0.717) is 4.90 Å². The summed E-state index contributed by atoms with van der Waals surface area (Å²) in [7, 11) is -4.04. The normalized spacial score (nSPS) is 21.7. The first-order valence-electron chi connectivity index (χ1n) is 7.95. The Morgan fingerprint density at radius 2 is 1.83 bits per heavy atom. The van der Waals surface area contributed by atoms with Crippen LogP contribution in [0.15, 0.2) is 63.3 Å². The van der Waals surface area contributed by atoms with Gasteiger partial charge in [0.15, 0.2) is 0 Å². The molecule has 1 aliphatic heterocycles. The van der Waals surface area contributed by atoms with Crippen molar-refractivity contribution in [1.29, 1.82) is 0 Å². The standard InChI is InChI=1S/C18H21NO2S3/c1-15-8-10-17(11-9-15)24(20,21)19-23-13-5-12-22-18(23)14-16-6-3-2-4-7-16/h2-4,6-11,18H,5,12-14H2,1H3/t18-,23+/m1/s1. The molecule has 3 nitrogen and oxygen atoms in total. The van der Waals surface area contributed by atoms with Crippen molar-refractivity contribution < 1.29 is 8.42 Å². The van der Waals surface area contributed by atoms with E-state index in [9.17, 15) is 8.42 Å². The van der Waals surface area contributed by atoms with Crippen molar-refractivity contribution in [2.75, 3.05) is 11.5 Å². The summed E-state index contributed by atoms with van der Waals surface area (Å²) < 4.78 is 29.9. The van der Waals surface area contributed by atoms with Crippen LogP contribution in [0.4, 0.5) is 0 Å². The minimum Gasteiger partial charge on any atom is -0.199 e. The summed E-state index contributed by atoms with van der Waals surface area (Å²) >= 11 is 1.86. The van der Waals surface area contributed by atoms with Gasteiger partial charge in [0.05, 0.1) is 9.48 Å². The zero-order valence-electron chi connectivity index (χ0n) is 13.6. The summed E-state index contributed by atoms with van der Waals surface area (Å²) in [4.78, 5) is 0.301. The van der Waals surface area contributed by atoms with E-state index in [0.717, 1.165) is 29.9 Å². The van der Waals surface area contributed by atoms with E-state index >= 15 is 0 Å². The van der Waals surface area contributed by atoms with Crippen molar-refractivity contribution in [3.05, 3.63) is 65.7 Å². The molecule has 2 aromatic carbocycles. The molecule has 0 spiro atoms. The van der Waals surface area contributed by atoms with Gasteiger partial charge in [0.1, 0.15) is 0 Å². The second-order valence-electron chi connectivity index (χ2n) is 5.81. The third kappa shape index (κ3) is 4.49. The van der Waals surface area contributed by atoms with E-state index < -0.39 is 20.7 Å². The van der Waals surface area contributed by atoms with Crippen molar-refractivity contribution in [2.45, 2.75) is 29.2 Å². The van der Waals surface area contributed by atoms with E-state index in [4.69, 9.17) is 0 Å². The molecule has 3 rings (SSSR count). The largest absolute Gasteiger partial charge is 0.287 e. The summed E-state index contributed by atoms with van der Waals surface area (Å²) in [6, 6.07) is 17.2. The Morgan fingerprint density at radius 1 is 1.12 bits per heavy atom. The van der Waals surface area contributed by atoms with Gasteiger partial charge in [-0.3, -0.25) is 0 Å². The highest BCUT2D eigenvalue weighted by molar-refractivity contribution is 8.14. The number of nitrogens with zero attached hydrogens (tertiary/aromatic N) is 1. The topological polar surface area (TPSA) is 46.5 Å². The molecule has 0 aliphatic carbocycles. The Kier molecular flexibility index (Phi) is 5.79. The summed E-state index contributed by atoms with van der Waals surface area (Å²) in [5, 5.41) is 0. The van der Waals surface area contributed by atoms with E-state index in [1.54, 1.807) is 12.1 Å². The third-order valence-corrected chi connectivity index (χ3v) is 9.90. The van der Waals surface area contributed by atoms with Crippen LogP contribution >= 0.6 is 11.8 Å². The monoisotopic (exact) mass is 379 g/mol. The molecule has 24 heavy (non-hydrogen) atoms. The average molecular weight is 380 g/mol. The van der Waals surface area contributed by atoms with Crippen LogP contribution in [0, 0.1) is 6.92 Å². The predicted molar refractivity (Wildman–Crippen MR) is 104 cm³/mol. The summed E-state index contributed by atoms with van der Waals surface area (Å²) in [6.45, 7) is 1.95. The first kappa shape index (κ1) is 17.7. The Bertz CT molecular complexity index is 815. The highest BCUT2D eigenvalue weighted by Gasteiger charge is 2.23. The molecule has 2 atom stereocenters. The molecule has 2 aromatic rings. The van der Waals surface area contributed by atoms with Crippen molar-refractivity contribution in [2.24, 2.45) is 3.77 Å². The molecule has 0 N–H and O–H groups in total. The van der Waals surface area contributed by atoms with Crippen LogP contribution in [-0.2, 0) is 27.1 Å². The lowest BCUT2D eigenvalue weighted by molar-refractivity contribution is 0.598. The second-order valence-corrected chi connectivity index (χ2v) is 11.2. The molecule has 1 saturated heterocycles. The van der Waals surface area contributed by atoms with Gasteiger partial charge in [-0.15, -0.1) is 15.5 Å². The molecule has 128 valence electrons. The molecule has 1 heterocycles. The molecule has 0 aromatic heterocycles. The molecule has 0 amide bonds. The van der Waals surface area contributed by atoms with Gasteiger partial charge in [0, 0.05) is 5.75 Å². The van der Waals surface area contributed by atoms with Crippen LogP contribution in [0.5, 0.6) is 0 Å². The summed E-state index contributed by atoms with van der Waals surface area (Å²) in [6.07, 6.45) is 1.91. The molecule has 6 heteroatoms. The number of thioether (sulfide) groups is 1. The van der Waals surface area contributed by atoms with E-state index in [1.807, 2.05) is 49.0 Å². The molecule has 0 bridgehead atoms. The van der Waals surface area contributed by atoms with Gasteiger partial charge >= 0.3 is 0 Å². The fraction of sp³-hybridized carbons (Fsp3) is 0.333. The lowest BCUT2D eigenvalue weighted by atomic mass is 10.2. The van der Waals surface area contributed by atoms with Crippen LogP contribution in [0.25, 0.3) is 0 Å². The zero-order valence-corrected chi connectivity index (χ0v) is 16.0. The first-order valence-corrected chi connectivity index (χ1v) is 11.8. The van der Waals surface area contributed by atoms with Crippen molar-refractivity contribution in [3.8, 4) is 0 Å². The minimum absolute atomic E-state index is 0.251. The van der Waals surface area contributed by atoms with Gasteiger partial charge in [-0.2, -0.15) is 8.42 Å². The fourth-order valence-electron chi connectivity index (χ4n) is 2.56. The lowest BCUT2D eigenvalue weighted by Crippen LogP contribution is -2.23. The molecule has 1 fully saturated rings. The number of aryl methyl sites for hydroxylation is 1. The van der Waals surface area contributed by atoms with Gasteiger partial charge < -0.3 is 0 Å². The number of hydrogen-bond acceptors (Lipinski definition) is 3. The number of benzene rings is 2. The maximum atomic E-state index is 12.6. The maximum absolute atomic E-state index is 12.6. The van der Waals surface area contributed by atoms with E-state index in [2.05, 4.69) is 15.9 Å². The second kappa shape index (κ2) is 7.85. The van der Waals surface area contributed by atoms with Gasteiger partial charge in [-0.05, 0) is 43.2 Å². The Morgan fingerprint density at radius 3 is 2.54 bits per heavy atom.